The van der Waals surface area contributed by atoms with E-state index in [1.54, 1.807) is 12.1 Å². The molecule has 148 valence electrons. The summed E-state index contributed by atoms with van der Waals surface area (Å²) in [6, 6.07) is 5.55. The third-order valence-electron chi connectivity index (χ3n) is 4.89. The summed E-state index contributed by atoms with van der Waals surface area (Å²) in [4.78, 5) is 50.1. The minimum Gasteiger partial charge on any atom is -0.495 e. The van der Waals surface area contributed by atoms with Crippen LogP contribution in [0.15, 0.2) is 30.5 Å². The minimum absolute atomic E-state index is 0.186. The summed E-state index contributed by atoms with van der Waals surface area (Å²) >= 11 is 0. The fourth-order valence-electron chi connectivity index (χ4n) is 3.43. The normalized spacial score (nSPS) is 18.3. The van der Waals surface area contributed by atoms with Crippen molar-refractivity contribution in [2.24, 2.45) is 0 Å². The van der Waals surface area contributed by atoms with Crippen LogP contribution >= 0.6 is 0 Å². The van der Waals surface area contributed by atoms with E-state index in [2.05, 4.69) is 20.8 Å². The number of benzene rings is 1. The molecule has 3 heterocycles. The molecule has 0 spiro atoms. The molecule has 1 saturated heterocycles. The molecule has 1 aromatic heterocycles. The molecule has 4 amide bonds. The number of ether oxygens (including phenoxy) is 1. The molecule has 1 atom stereocenters. The quantitative estimate of drug-likeness (QED) is 0.721. The van der Waals surface area contributed by atoms with Gasteiger partial charge in [-0.1, -0.05) is 0 Å². The summed E-state index contributed by atoms with van der Waals surface area (Å²) < 4.78 is 5.05. The Morgan fingerprint density at radius 2 is 2.10 bits per heavy atom. The Morgan fingerprint density at radius 3 is 2.86 bits per heavy atom. The van der Waals surface area contributed by atoms with Crippen molar-refractivity contribution in [3.05, 3.63) is 47.2 Å². The Balaban J connectivity index is 1.51. The van der Waals surface area contributed by atoms with E-state index in [9.17, 15) is 19.2 Å². The number of nitrogens with one attached hydrogen (secondary N) is 2. The van der Waals surface area contributed by atoms with Gasteiger partial charge in [0.05, 0.1) is 13.3 Å². The molecule has 1 aromatic carbocycles. The van der Waals surface area contributed by atoms with E-state index in [4.69, 9.17) is 4.74 Å². The van der Waals surface area contributed by atoms with E-state index in [1.807, 2.05) is 0 Å². The van der Waals surface area contributed by atoms with Crippen LogP contribution in [0.2, 0.25) is 0 Å². The maximum atomic E-state index is 12.7. The molecule has 2 aliphatic heterocycles. The SMILES string of the molecule is COc1cnnc(NC(=O)c2ccc3c(c2)CN(C2CCC(=O)NC2=O)C3=O)c1. The molecule has 10 heteroatoms. The molecule has 29 heavy (non-hydrogen) atoms. The lowest BCUT2D eigenvalue weighted by molar-refractivity contribution is -0.136. The van der Waals surface area contributed by atoms with Crippen LogP contribution in [0.3, 0.4) is 0 Å². The van der Waals surface area contributed by atoms with Crippen molar-refractivity contribution in [1.82, 2.24) is 20.4 Å². The minimum atomic E-state index is -0.697. The Hall–Kier alpha value is -3.82. The predicted molar refractivity (Wildman–Crippen MR) is 99.0 cm³/mol. The number of rotatable bonds is 4. The summed E-state index contributed by atoms with van der Waals surface area (Å²) in [5.41, 5.74) is 1.42. The standard InChI is InChI=1S/C19H17N5O5/c1-29-12-7-15(23-20-8-12)21-17(26)10-2-3-13-11(6-10)9-24(19(13)28)14-4-5-16(25)22-18(14)27/h2-3,6-8,14H,4-5,9H2,1H3,(H,21,23,26)(H,22,25,27). The summed E-state index contributed by atoms with van der Waals surface area (Å²) in [5.74, 6) is -0.833. The fourth-order valence-corrected chi connectivity index (χ4v) is 3.43. The molecule has 1 unspecified atom stereocenters. The zero-order valence-corrected chi connectivity index (χ0v) is 15.5. The number of fused-ring (bicyclic) bond motifs is 1. The van der Waals surface area contributed by atoms with Gasteiger partial charge in [-0.15, -0.1) is 5.10 Å². The second-order valence-corrected chi connectivity index (χ2v) is 6.71. The van der Waals surface area contributed by atoms with Crippen LogP contribution in [0.25, 0.3) is 0 Å². The van der Waals surface area contributed by atoms with Gasteiger partial charge in [0, 0.05) is 30.2 Å². The number of amides is 4. The van der Waals surface area contributed by atoms with Crippen molar-refractivity contribution in [3.8, 4) is 5.75 Å². The number of carbonyl (C=O) groups is 4. The van der Waals surface area contributed by atoms with Crippen LogP contribution in [-0.4, -0.2) is 51.9 Å². The second kappa shape index (κ2) is 7.30. The maximum absolute atomic E-state index is 12.7. The molecule has 4 rings (SSSR count). The third-order valence-corrected chi connectivity index (χ3v) is 4.89. The van der Waals surface area contributed by atoms with Crippen molar-refractivity contribution in [2.75, 3.05) is 12.4 Å². The topological polar surface area (TPSA) is 131 Å². The summed E-state index contributed by atoms with van der Waals surface area (Å²) in [7, 11) is 1.48. The smallest absolute Gasteiger partial charge is 0.256 e. The average Bonchev–Trinajstić information content (AvgIpc) is 3.04. The molecule has 0 aliphatic carbocycles. The highest BCUT2D eigenvalue weighted by Gasteiger charge is 2.39. The molecule has 2 aliphatic rings. The van der Waals surface area contributed by atoms with E-state index in [-0.39, 0.29) is 37.0 Å². The summed E-state index contributed by atoms with van der Waals surface area (Å²) in [6.45, 7) is 0.195. The van der Waals surface area contributed by atoms with Crippen molar-refractivity contribution in [1.29, 1.82) is 0 Å². The third kappa shape index (κ3) is 3.51. The number of methoxy groups -OCH3 is 1. The maximum Gasteiger partial charge on any atom is 0.256 e. The van der Waals surface area contributed by atoms with Crippen molar-refractivity contribution >= 4 is 29.4 Å². The van der Waals surface area contributed by atoms with Gasteiger partial charge in [-0.25, -0.2) is 0 Å². The fraction of sp³-hybridized carbons (Fsp3) is 0.263. The molecule has 10 nitrogen and oxygen atoms in total. The van der Waals surface area contributed by atoms with Gasteiger partial charge in [0.1, 0.15) is 11.8 Å². The number of piperidine rings is 1. The monoisotopic (exact) mass is 395 g/mol. The van der Waals surface area contributed by atoms with E-state index in [0.29, 0.717) is 22.4 Å². The lowest BCUT2D eigenvalue weighted by Crippen LogP contribution is -2.52. The Morgan fingerprint density at radius 1 is 1.28 bits per heavy atom. The zero-order chi connectivity index (χ0) is 20.5. The molecular weight excluding hydrogens is 378 g/mol. The number of hydrogen-bond acceptors (Lipinski definition) is 7. The predicted octanol–water partition coefficient (Wildman–Crippen LogP) is 0.498. The number of anilines is 1. The molecule has 1 fully saturated rings. The van der Waals surface area contributed by atoms with E-state index in [0.717, 1.165) is 0 Å². The van der Waals surface area contributed by atoms with Crippen LogP contribution in [-0.2, 0) is 16.1 Å². The van der Waals surface area contributed by atoms with Crippen LogP contribution in [0.4, 0.5) is 5.82 Å². The molecule has 0 radical (unpaired) electrons. The zero-order valence-electron chi connectivity index (χ0n) is 15.5. The number of imide groups is 1. The van der Waals surface area contributed by atoms with Gasteiger partial charge in [-0.05, 0) is 30.2 Å². The van der Waals surface area contributed by atoms with Crippen molar-refractivity contribution < 1.29 is 23.9 Å². The van der Waals surface area contributed by atoms with Gasteiger partial charge < -0.3 is 15.0 Å². The average molecular weight is 395 g/mol. The number of hydrogen-bond donors (Lipinski definition) is 2. The lowest BCUT2D eigenvalue weighted by Gasteiger charge is -2.29. The number of aromatic nitrogens is 2. The first-order valence-electron chi connectivity index (χ1n) is 8.92. The van der Waals surface area contributed by atoms with Gasteiger partial charge in [-0.2, -0.15) is 5.10 Å². The van der Waals surface area contributed by atoms with Gasteiger partial charge in [0.25, 0.3) is 11.8 Å². The van der Waals surface area contributed by atoms with Crippen LogP contribution in [0, 0.1) is 0 Å². The lowest BCUT2D eigenvalue weighted by atomic mass is 10.0. The molecular formula is C19H17N5O5. The Bertz CT molecular complexity index is 1040. The number of carbonyl (C=O) groups excluding carboxylic acids is 4. The van der Waals surface area contributed by atoms with Crippen molar-refractivity contribution in [3.63, 3.8) is 0 Å². The molecule has 2 aromatic rings. The second-order valence-electron chi connectivity index (χ2n) is 6.71. The first-order valence-corrected chi connectivity index (χ1v) is 8.92. The number of nitrogens with zero attached hydrogens (tertiary/aromatic N) is 3. The Labute approximate surface area is 165 Å². The van der Waals surface area contributed by atoms with Gasteiger partial charge >= 0.3 is 0 Å². The largest absolute Gasteiger partial charge is 0.495 e. The van der Waals surface area contributed by atoms with Gasteiger partial charge in [0.15, 0.2) is 5.82 Å². The highest BCUT2D eigenvalue weighted by molar-refractivity contribution is 6.07. The van der Waals surface area contributed by atoms with Crippen LogP contribution in [0.1, 0.15) is 39.1 Å². The van der Waals surface area contributed by atoms with Gasteiger partial charge in [-0.3, -0.25) is 24.5 Å². The highest BCUT2D eigenvalue weighted by atomic mass is 16.5. The summed E-state index contributed by atoms with van der Waals surface area (Å²) in [6.07, 6.45) is 1.89. The molecule has 2 N–H and O–H groups in total. The molecule has 0 saturated carbocycles. The van der Waals surface area contributed by atoms with Crippen molar-refractivity contribution in [2.45, 2.75) is 25.4 Å². The Kier molecular flexibility index (Phi) is 4.67. The highest BCUT2D eigenvalue weighted by Crippen LogP contribution is 2.28. The first kappa shape index (κ1) is 18.5. The van der Waals surface area contributed by atoms with E-state index in [1.165, 1.54) is 30.3 Å². The van der Waals surface area contributed by atoms with Crippen LogP contribution < -0.4 is 15.4 Å². The summed E-state index contributed by atoms with van der Waals surface area (Å²) in [5, 5.41) is 12.5. The molecule has 0 bridgehead atoms. The van der Waals surface area contributed by atoms with E-state index < -0.39 is 17.9 Å². The van der Waals surface area contributed by atoms with Crippen LogP contribution in [0.5, 0.6) is 5.75 Å². The van der Waals surface area contributed by atoms with Gasteiger partial charge in [0.2, 0.25) is 11.8 Å². The van der Waals surface area contributed by atoms with E-state index >= 15 is 0 Å². The first-order chi connectivity index (χ1) is 14.0.